The van der Waals surface area contributed by atoms with E-state index in [0.29, 0.717) is 22.7 Å². The fraction of sp³-hybridized carbons (Fsp3) is 0.133. The van der Waals surface area contributed by atoms with Gasteiger partial charge in [0, 0.05) is 44.4 Å². The summed E-state index contributed by atoms with van der Waals surface area (Å²) >= 11 is 0. The van der Waals surface area contributed by atoms with Gasteiger partial charge < -0.3 is 9.51 Å². The second kappa shape index (κ2) is 14.4. The molecule has 1 N–H and O–H groups in total. The molecule has 0 radical (unpaired) electrons. The summed E-state index contributed by atoms with van der Waals surface area (Å²) in [5.41, 5.74) is 15.2. The highest BCUT2D eigenvalue weighted by Gasteiger charge is 2.29. The summed E-state index contributed by atoms with van der Waals surface area (Å²) in [5.74, 6) is 1.40. The molecule has 4 aromatic heterocycles. The van der Waals surface area contributed by atoms with Crippen LogP contribution in [0.4, 0.5) is 0 Å². The van der Waals surface area contributed by atoms with E-state index in [0.717, 1.165) is 55.7 Å². The van der Waals surface area contributed by atoms with E-state index in [1.165, 1.54) is 74.6 Å². The predicted octanol–water partition coefficient (Wildman–Crippen LogP) is 15.8. The molecule has 0 spiro atoms. The van der Waals surface area contributed by atoms with Crippen LogP contribution in [0.25, 0.3) is 110 Å². The summed E-state index contributed by atoms with van der Waals surface area (Å²) in [6.45, 7) is 4.81. The Morgan fingerprint density at radius 1 is 0.554 bits per heavy atom. The number of phenols is 1. The molecule has 0 aliphatic heterocycles. The van der Waals surface area contributed by atoms with Gasteiger partial charge >= 0.3 is 0 Å². The van der Waals surface area contributed by atoms with Gasteiger partial charge in [-0.2, -0.15) is 0 Å². The molecule has 65 heavy (non-hydrogen) atoms. The molecule has 4 heterocycles. The lowest BCUT2D eigenvalue weighted by Crippen LogP contribution is -2.20. The van der Waals surface area contributed by atoms with E-state index >= 15 is 0 Å². The maximum Gasteiger partial charge on any atom is 0.149 e. The van der Waals surface area contributed by atoms with E-state index < -0.39 is 0 Å². The Kier molecular flexibility index (Phi) is 8.36. The van der Waals surface area contributed by atoms with Crippen LogP contribution in [0.15, 0.2) is 182 Å². The van der Waals surface area contributed by atoms with Gasteiger partial charge in [0.2, 0.25) is 0 Å². The predicted molar refractivity (Wildman–Crippen MR) is 269 cm³/mol. The minimum atomic E-state index is 0.192. The van der Waals surface area contributed by atoms with Crippen molar-refractivity contribution in [3.63, 3.8) is 0 Å². The average molecular weight is 839 g/mol. The van der Waals surface area contributed by atoms with Gasteiger partial charge in [0.25, 0.3) is 0 Å². The number of rotatable bonds is 6. The molecule has 5 nitrogen and oxygen atoms in total. The van der Waals surface area contributed by atoms with Crippen LogP contribution in [0.3, 0.4) is 0 Å². The van der Waals surface area contributed by atoms with E-state index in [1.807, 2.05) is 30.5 Å². The third-order valence-corrected chi connectivity index (χ3v) is 14.5. The van der Waals surface area contributed by atoms with Crippen molar-refractivity contribution in [3.8, 4) is 56.3 Å². The van der Waals surface area contributed by atoms with Crippen molar-refractivity contribution in [1.29, 1.82) is 0 Å². The third kappa shape index (κ3) is 5.85. The van der Waals surface area contributed by atoms with E-state index in [1.54, 1.807) is 6.07 Å². The number of hydrogen-bond donors (Lipinski definition) is 1. The van der Waals surface area contributed by atoms with Crippen LogP contribution in [0.2, 0.25) is 0 Å². The number of aromatic nitrogens is 4. The van der Waals surface area contributed by atoms with Crippen molar-refractivity contribution in [1.82, 2.24) is 18.9 Å². The molecule has 0 bridgehead atoms. The smallest absolute Gasteiger partial charge is 0.149 e. The van der Waals surface area contributed by atoms with E-state index in [9.17, 15) is 5.11 Å². The SMILES string of the molecule is CC1(C)CCC(c2ccc(-n3c(-c4ccccc4O)nc4c(-c5cc(-c6ccccn6)c6c7cccc8c9c%10ccccc%10ccc9n(c6c5)c78)cccc43)c(-c3ccccc3)c2)CC1. The van der Waals surface area contributed by atoms with Crippen LogP contribution in [-0.2, 0) is 0 Å². The van der Waals surface area contributed by atoms with E-state index in [4.69, 9.17) is 9.97 Å². The number of fused-ring (bicyclic) bond motifs is 9. The van der Waals surface area contributed by atoms with Gasteiger partial charge in [0.1, 0.15) is 11.6 Å². The third-order valence-electron chi connectivity index (χ3n) is 14.5. The first-order valence-corrected chi connectivity index (χ1v) is 23.0. The Labute approximate surface area is 377 Å². The number of aromatic hydroxyl groups is 1. The maximum atomic E-state index is 11.6. The van der Waals surface area contributed by atoms with E-state index in [2.05, 4.69) is 168 Å². The Balaban J connectivity index is 1.10. The molecule has 12 aromatic rings. The molecule has 8 aromatic carbocycles. The van der Waals surface area contributed by atoms with Gasteiger partial charge in [-0.3, -0.25) is 9.55 Å². The molecule has 0 amide bonds. The summed E-state index contributed by atoms with van der Waals surface area (Å²) in [4.78, 5) is 10.6. The lowest BCUT2D eigenvalue weighted by atomic mass is 9.71. The standard InChI is InChI=1S/C60H46N4O/c1-60(2)31-29-37(30-32-60)40-26-27-50(47(34-40)38-14-4-3-5-15-38)64-52-23-13-19-43(57(52)62-59(64)44-18-8-9-24-54(44)65)41-35-48(49-22-10-11-33-61-49)56-46-21-12-20-45-55-42-17-7-6-16-39(42)25-28-51(55)63(58(45)46)53(56)36-41/h3-28,33-37,65H,29-32H2,1-2H3. The van der Waals surface area contributed by atoms with Crippen molar-refractivity contribution in [2.24, 2.45) is 5.41 Å². The van der Waals surface area contributed by atoms with Crippen LogP contribution in [0.1, 0.15) is 51.0 Å². The number of hydrogen-bond acceptors (Lipinski definition) is 3. The zero-order valence-electron chi connectivity index (χ0n) is 36.5. The first-order chi connectivity index (χ1) is 31.9. The molecule has 0 unspecified atom stereocenters. The zero-order chi connectivity index (χ0) is 43.4. The largest absolute Gasteiger partial charge is 0.507 e. The van der Waals surface area contributed by atoms with Gasteiger partial charge in [-0.1, -0.05) is 129 Å². The lowest BCUT2D eigenvalue weighted by molar-refractivity contribution is 0.224. The molecule has 0 atom stereocenters. The van der Waals surface area contributed by atoms with Crippen molar-refractivity contribution in [2.45, 2.75) is 45.4 Å². The molecule has 1 fully saturated rings. The minimum Gasteiger partial charge on any atom is -0.507 e. The Hall–Kier alpha value is -7.76. The first kappa shape index (κ1) is 37.8. The number of benzene rings is 8. The number of para-hydroxylation sites is 3. The Morgan fingerprint density at radius 2 is 1.29 bits per heavy atom. The highest BCUT2D eigenvalue weighted by atomic mass is 16.3. The molecule has 1 aliphatic rings. The monoisotopic (exact) mass is 838 g/mol. The molecular weight excluding hydrogens is 793 g/mol. The summed E-state index contributed by atoms with van der Waals surface area (Å²) in [5, 5.41) is 19.0. The molecular formula is C60H46N4O. The van der Waals surface area contributed by atoms with Crippen LogP contribution >= 0.6 is 0 Å². The van der Waals surface area contributed by atoms with Crippen molar-refractivity contribution < 1.29 is 5.11 Å². The highest BCUT2D eigenvalue weighted by Crippen LogP contribution is 2.48. The fourth-order valence-electron chi connectivity index (χ4n) is 11.3. The average Bonchev–Trinajstić information content (AvgIpc) is 4.02. The molecule has 0 saturated heterocycles. The quantitative estimate of drug-likeness (QED) is 0.181. The second-order valence-electron chi connectivity index (χ2n) is 18.9. The molecule has 1 saturated carbocycles. The van der Waals surface area contributed by atoms with Crippen molar-refractivity contribution in [3.05, 3.63) is 188 Å². The molecule has 312 valence electrons. The molecule has 1 aliphatic carbocycles. The summed E-state index contributed by atoms with van der Waals surface area (Å²) < 4.78 is 4.76. The minimum absolute atomic E-state index is 0.192. The first-order valence-electron chi connectivity index (χ1n) is 23.0. The molecule has 13 rings (SSSR count). The lowest BCUT2D eigenvalue weighted by Gasteiger charge is -2.34. The van der Waals surface area contributed by atoms with Gasteiger partial charge in [-0.15, -0.1) is 0 Å². The van der Waals surface area contributed by atoms with Gasteiger partial charge in [-0.05, 0) is 125 Å². The number of phenolic OH excluding ortho intramolecular Hbond substituents is 1. The maximum absolute atomic E-state index is 11.6. The normalized spacial score (nSPS) is 14.5. The summed E-state index contributed by atoms with van der Waals surface area (Å²) in [7, 11) is 0. The van der Waals surface area contributed by atoms with Crippen LogP contribution < -0.4 is 0 Å². The Morgan fingerprint density at radius 3 is 2.12 bits per heavy atom. The van der Waals surface area contributed by atoms with Crippen LogP contribution in [-0.4, -0.2) is 24.0 Å². The van der Waals surface area contributed by atoms with Crippen molar-refractivity contribution in [2.75, 3.05) is 0 Å². The van der Waals surface area contributed by atoms with Gasteiger partial charge in [-0.25, -0.2) is 4.98 Å². The number of pyridine rings is 1. The Bertz CT molecular complexity index is 3810. The summed E-state index contributed by atoms with van der Waals surface area (Å²) in [6.07, 6.45) is 6.72. The second-order valence-corrected chi connectivity index (χ2v) is 18.9. The number of imidazole rings is 1. The summed E-state index contributed by atoms with van der Waals surface area (Å²) in [6, 6.07) is 62.8. The fourth-order valence-corrected chi connectivity index (χ4v) is 11.3. The molecule has 5 heteroatoms. The van der Waals surface area contributed by atoms with Crippen LogP contribution in [0, 0.1) is 5.41 Å². The highest BCUT2D eigenvalue weighted by molar-refractivity contribution is 6.30. The van der Waals surface area contributed by atoms with Gasteiger partial charge in [0.05, 0.1) is 44.5 Å². The zero-order valence-corrected chi connectivity index (χ0v) is 36.5. The number of nitrogens with zero attached hydrogens (tertiary/aromatic N) is 4. The van der Waals surface area contributed by atoms with E-state index in [-0.39, 0.29) is 5.75 Å². The van der Waals surface area contributed by atoms with Crippen LogP contribution in [0.5, 0.6) is 5.75 Å². The van der Waals surface area contributed by atoms with Crippen molar-refractivity contribution >= 4 is 59.9 Å². The van der Waals surface area contributed by atoms with Gasteiger partial charge in [0.15, 0.2) is 0 Å². The topological polar surface area (TPSA) is 55.3 Å².